The molecule has 2 amide bonds. The number of carbonyl (C=O) groups is 2. The summed E-state index contributed by atoms with van der Waals surface area (Å²) in [5.41, 5.74) is 6.28. The molecule has 0 aliphatic carbocycles. The number of hydrogen-bond donors (Lipinski definition) is 2. The van der Waals surface area contributed by atoms with Crippen LogP contribution in [0.1, 0.15) is 32.7 Å². The zero-order valence-electron chi connectivity index (χ0n) is 21.3. The Morgan fingerprint density at radius 1 is 1.03 bits per heavy atom. The highest BCUT2D eigenvalue weighted by Gasteiger charge is 2.25. The number of nitrogens with two attached hydrogens (primary N) is 1. The largest absolute Gasteiger partial charge is 0.490 e. The number of para-hydroxylation sites is 3. The van der Waals surface area contributed by atoms with Gasteiger partial charge < -0.3 is 20.5 Å². The monoisotopic (exact) mass is 509 g/mol. The average molecular weight is 510 g/mol. The van der Waals surface area contributed by atoms with Gasteiger partial charge in [-0.15, -0.1) is 0 Å². The molecule has 4 rings (SSSR count). The molecule has 0 saturated carbocycles. The zero-order chi connectivity index (χ0) is 26.4. The van der Waals surface area contributed by atoms with Crippen molar-refractivity contribution in [3.05, 3.63) is 65.1 Å². The molecule has 1 aromatic heterocycles. The van der Waals surface area contributed by atoms with E-state index in [0.29, 0.717) is 24.4 Å². The van der Waals surface area contributed by atoms with E-state index in [1.807, 2.05) is 62.4 Å². The lowest BCUT2D eigenvalue weighted by molar-refractivity contribution is 0.0368. The molecular weight excluding hydrogens is 474 g/mol. The lowest BCUT2D eigenvalue weighted by Gasteiger charge is -2.33. The molecule has 2 aromatic carbocycles. The Kier molecular flexibility index (Phi) is 8.50. The van der Waals surface area contributed by atoms with Gasteiger partial charge in [-0.25, -0.2) is 19.0 Å². The van der Waals surface area contributed by atoms with Gasteiger partial charge in [0, 0.05) is 19.1 Å². The summed E-state index contributed by atoms with van der Waals surface area (Å²) in [7, 11) is 0. The second kappa shape index (κ2) is 12.0. The fourth-order valence-corrected chi connectivity index (χ4v) is 4.83. The SMILES string of the molecule is CC(C)n1c(=O)n(C(=O)NCC2CCN(CC(COc3ccccc3)OC(N)=O)CC2)c2ccccc21. The van der Waals surface area contributed by atoms with E-state index in [0.717, 1.165) is 31.4 Å². The number of aromatic nitrogens is 2. The van der Waals surface area contributed by atoms with Crippen LogP contribution in [-0.4, -0.2) is 65.0 Å². The third-order valence-electron chi connectivity index (χ3n) is 6.67. The summed E-state index contributed by atoms with van der Waals surface area (Å²) >= 11 is 0. The summed E-state index contributed by atoms with van der Waals surface area (Å²) in [4.78, 5) is 39.6. The van der Waals surface area contributed by atoms with Crippen LogP contribution in [0.25, 0.3) is 11.0 Å². The molecule has 10 heteroatoms. The van der Waals surface area contributed by atoms with Crippen molar-refractivity contribution in [2.75, 3.05) is 32.8 Å². The molecule has 1 unspecified atom stereocenters. The van der Waals surface area contributed by atoms with Gasteiger partial charge in [0.05, 0.1) is 11.0 Å². The van der Waals surface area contributed by atoms with Gasteiger partial charge in [-0.1, -0.05) is 30.3 Å². The number of benzene rings is 2. The number of amides is 2. The van der Waals surface area contributed by atoms with Crippen LogP contribution in [-0.2, 0) is 4.74 Å². The van der Waals surface area contributed by atoms with E-state index in [-0.39, 0.29) is 24.3 Å². The molecule has 1 saturated heterocycles. The van der Waals surface area contributed by atoms with Crippen molar-refractivity contribution in [2.24, 2.45) is 11.7 Å². The number of hydrogen-bond acceptors (Lipinski definition) is 6. The van der Waals surface area contributed by atoms with Gasteiger partial charge in [0.25, 0.3) is 0 Å². The predicted octanol–water partition coefficient (Wildman–Crippen LogP) is 3.20. The molecule has 3 N–H and O–H groups in total. The maximum absolute atomic E-state index is 13.0. The Balaban J connectivity index is 1.29. The highest BCUT2D eigenvalue weighted by Crippen LogP contribution is 2.19. The molecular formula is C27H35N5O5. The number of fused-ring (bicyclic) bond motifs is 1. The number of likely N-dealkylation sites (tertiary alicyclic amines) is 1. The van der Waals surface area contributed by atoms with E-state index in [4.69, 9.17) is 15.2 Å². The molecule has 1 aliphatic rings. The second-order valence-electron chi connectivity index (χ2n) is 9.68. The lowest BCUT2D eigenvalue weighted by Crippen LogP contribution is -2.45. The van der Waals surface area contributed by atoms with Crippen molar-refractivity contribution < 1.29 is 19.1 Å². The van der Waals surface area contributed by atoms with E-state index < -0.39 is 18.2 Å². The standard InChI is InChI=1S/C27H35N5O5/c1-19(2)31-23-10-6-7-11-24(23)32(27(31)35)26(34)29-16-20-12-14-30(15-13-20)17-22(37-25(28)33)18-36-21-8-4-3-5-9-21/h3-11,19-20,22H,12-18H2,1-2H3,(H2,28,33)(H,29,34). The molecule has 2 heterocycles. The molecule has 1 atom stereocenters. The molecule has 0 spiro atoms. The average Bonchev–Trinajstić information content (AvgIpc) is 3.19. The molecule has 0 radical (unpaired) electrons. The topological polar surface area (TPSA) is 121 Å². The maximum Gasteiger partial charge on any atom is 0.404 e. The van der Waals surface area contributed by atoms with Crippen LogP contribution in [0.3, 0.4) is 0 Å². The number of piperidine rings is 1. The molecule has 1 aliphatic heterocycles. The Hall–Kier alpha value is -3.79. The lowest BCUT2D eigenvalue weighted by atomic mass is 9.96. The van der Waals surface area contributed by atoms with Crippen LogP contribution in [0.5, 0.6) is 5.75 Å². The third-order valence-corrected chi connectivity index (χ3v) is 6.67. The Morgan fingerprint density at radius 3 is 2.32 bits per heavy atom. The van der Waals surface area contributed by atoms with Crippen molar-refractivity contribution in [2.45, 2.75) is 38.8 Å². The summed E-state index contributed by atoms with van der Waals surface area (Å²) < 4.78 is 13.9. The van der Waals surface area contributed by atoms with Crippen molar-refractivity contribution in [3.63, 3.8) is 0 Å². The Labute approximate surface area is 215 Å². The number of rotatable bonds is 9. The van der Waals surface area contributed by atoms with Crippen molar-refractivity contribution >= 4 is 23.2 Å². The minimum atomic E-state index is -0.826. The van der Waals surface area contributed by atoms with E-state index in [1.54, 1.807) is 10.6 Å². The smallest absolute Gasteiger partial charge is 0.404 e. The van der Waals surface area contributed by atoms with Crippen LogP contribution in [0.4, 0.5) is 9.59 Å². The van der Waals surface area contributed by atoms with E-state index in [2.05, 4.69) is 10.2 Å². The second-order valence-corrected chi connectivity index (χ2v) is 9.68. The Bertz CT molecular complexity index is 1260. The number of carbonyl (C=O) groups excluding carboxylic acids is 2. The van der Waals surface area contributed by atoms with E-state index >= 15 is 0 Å². The van der Waals surface area contributed by atoms with Crippen LogP contribution < -0.4 is 21.5 Å². The third kappa shape index (κ3) is 6.51. The molecule has 10 nitrogen and oxygen atoms in total. The van der Waals surface area contributed by atoms with Crippen LogP contribution in [0.15, 0.2) is 59.4 Å². The van der Waals surface area contributed by atoms with Gasteiger partial charge in [-0.2, -0.15) is 0 Å². The van der Waals surface area contributed by atoms with Crippen LogP contribution in [0.2, 0.25) is 0 Å². The first-order chi connectivity index (χ1) is 17.8. The fraction of sp³-hybridized carbons (Fsp3) is 0.444. The minimum absolute atomic E-state index is 0.0590. The fourth-order valence-electron chi connectivity index (χ4n) is 4.83. The quantitative estimate of drug-likeness (QED) is 0.457. The molecule has 1 fully saturated rings. The number of imidazole rings is 1. The number of nitrogens with zero attached hydrogens (tertiary/aromatic N) is 3. The van der Waals surface area contributed by atoms with Crippen molar-refractivity contribution in [1.82, 2.24) is 19.4 Å². The summed E-state index contributed by atoms with van der Waals surface area (Å²) in [6.07, 6.45) is 0.421. The van der Waals surface area contributed by atoms with Gasteiger partial charge >= 0.3 is 17.8 Å². The van der Waals surface area contributed by atoms with Gasteiger partial charge in [-0.3, -0.25) is 9.47 Å². The van der Waals surface area contributed by atoms with Crippen molar-refractivity contribution in [3.8, 4) is 5.75 Å². The summed E-state index contributed by atoms with van der Waals surface area (Å²) in [5, 5.41) is 2.96. The molecule has 37 heavy (non-hydrogen) atoms. The van der Waals surface area contributed by atoms with Gasteiger partial charge in [0.15, 0.2) is 6.10 Å². The maximum atomic E-state index is 13.0. The molecule has 198 valence electrons. The first-order valence-corrected chi connectivity index (χ1v) is 12.7. The van der Waals surface area contributed by atoms with Crippen molar-refractivity contribution in [1.29, 1.82) is 0 Å². The summed E-state index contributed by atoms with van der Waals surface area (Å²) in [6.45, 7) is 6.64. The first-order valence-electron chi connectivity index (χ1n) is 12.7. The van der Waals surface area contributed by atoms with Crippen LogP contribution >= 0.6 is 0 Å². The number of primary amides is 1. The van der Waals surface area contributed by atoms with E-state index in [1.165, 1.54) is 4.57 Å². The summed E-state index contributed by atoms with van der Waals surface area (Å²) in [5.74, 6) is 0.982. The minimum Gasteiger partial charge on any atom is -0.490 e. The number of nitrogens with one attached hydrogen (secondary N) is 1. The highest BCUT2D eigenvalue weighted by molar-refractivity contribution is 5.89. The molecule has 3 aromatic rings. The van der Waals surface area contributed by atoms with Crippen LogP contribution in [0, 0.1) is 5.92 Å². The number of ether oxygens (including phenoxy) is 2. The predicted molar refractivity (Wildman–Crippen MR) is 141 cm³/mol. The normalized spacial score (nSPS) is 15.5. The molecule has 0 bridgehead atoms. The van der Waals surface area contributed by atoms with Gasteiger partial charge in [0.2, 0.25) is 0 Å². The van der Waals surface area contributed by atoms with E-state index in [9.17, 15) is 14.4 Å². The highest BCUT2D eigenvalue weighted by atomic mass is 16.6. The zero-order valence-corrected chi connectivity index (χ0v) is 21.3. The Morgan fingerprint density at radius 2 is 1.68 bits per heavy atom. The first kappa shape index (κ1) is 26.3. The van der Waals surface area contributed by atoms with Gasteiger partial charge in [0.1, 0.15) is 12.4 Å². The van der Waals surface area contributed by atoms with Gasteiger partial charge in [-0.05, 0) is 70.0 Å². The summed E-state index contributed by atoms with van der Waals surface area (Å²) in [6, 6.07) is 16.2.